The highest BCUT2D eigenvalue weighted by molar-refractivity contribution is 5.88. The molecular formula is C18H15N5O. The molecule has 0 aliphatic carbocycles. The van der Waals surface area contributed by atoms with Crippen molar-refractivity contribution < 1.29 is 0 Å². The van der Waals surface area contributed by atoms with Crippen LogP contribution in [0.5, 0.6) is 0 Å². The summed E-state index contributed by atoms with van der Waals surface area (Å²) in [5, 5.41) is 7.61. The van der Waals surface area contributed by atoms with Crippen LogP contribution in [0.1, 0.15) is 5.56 Å². The van der Waals surface area contributed by atoms with Gasteiger partial charge in [0.05, 0.1) is 22.2 Å². The molecule has 2 aromatic carbocycles. The maximum Gasteiger partial charge on any atom is 0.259 e. The van der Waals surface area contributed by atoms with Crippen LogP contribution in [-0.2, 0) is 0 Å². The Morgan fingerprint density at radius 1 is 1.04 bits per heavy atom. The van der Waals surface area contributed by atoms with Gasteiger partial charge in [0.1, 0.15) is 5.82 Å². The molecule has 118 valence electrons. The molecule has 4 N–H and O–H groups in total. The Morgan fingerprint density at radius 2 is 1.79 bits per heavy atom. The lowest BCUT2D eigenvalue weighted by atomic mass is 10.0. The highest BCUT2D eigenvalue weighted by atomic mass is 16.1. The lowest BCUT2D eigenvalue weighted by molar-refractivity contribution is 1.10. The summed E-state index contributed by atoms with van der Waals surface area (Å²) in [6.45, 7) is 2.01. The number of benzene rings is 2. The quantitative estimate of drug-likeness (QED) is 0.529. The average molecular weight is 317 g/mol. The second-order valence-corrected chi connectivity index (χ2v) is 5.61. The van der Waals surface area contributed by atoms with Crippen LogP contribution in [0.15, 0.2) is 53.3 Å². The molecule has 2 heterocycles. The number of hydrogen-bond acceptors (Lipinski definition) is 4. The third kappa shape index (κ3) is 2.16. The Morgan fingerprint density at radius 3 is 2.62 bits per heavy atom. The van der Waals surface area contributed by atoms with Crippen LogP contribution < -0.4 is 11.3 Å². The zero-order chi connectivity index (χ0) is 16.7. The molecule has 0 spiro atoms. The summed E-state index contributed by atoms with van der Waals surface area (Å²) in [6.07, 6.45) is 0. The van der Waals surface area contributed by atoms with E-state index >= 15 is 0 Å². The first kappa shape index (κ1) is 14.2. The summed E-state index contributed by atoms with van der Waals surface area (Å²) in [4.78, 5) is 19.7. The number of anilines is 1. The number of fused-ring (bicyclic) bond motifs is 1. The number of nitrogens with zero attached hydrogens (tertiary/aromatic N) is 2. The van der Waals surface area contributed by atoms with Gasteiger partial charge in [-0.05, 0) is 24.6 Å². The highest BCUT2D eigenvalue weighted by Gasteiger charge is 2.18. The van der Waals surface area contributed by atoms with Gasteiger partial charge >= 0.3 is 0 Å². The Labute approximate surface area is 137 Å². The zero-order valence-electron chi connectivity index (χ0n) is 13.0. The summed E-state index contributed by atoms with van der Waals surface area (Å²) >= 11 is 0. The van der Waals surface area contributed by atoms with Crippen LogP contribution in [-0.4, -0.2) is 20.2 Å². The van der Waals surface area contributed by atoms with Gasteiger partial charge in [0.2, 0.25) is 0 Å². The summed E-state index contributed by atoms with van der Waals surface area (Å²) in [5.41, 5.74) is 9.85. The van der Waals surface area contributed by atoms with Crippen LogP contribution in [0.4, 0.5) is 5.82 Å². The van der Waals surface area contributed by atoms with Gasteiger partial charge in [0, 0.05) is 5.56 Å². The second kappa shape index (κ2) is 5.34. The number of aryl methyl sites for hydroxylation is 1. The van der Waals surface area contributed by atoms with Crippen molar-refractivity contribution in [3.63, 3.8) is 0 Å². The van der Waals surface area contributed by atoms with Crippen molar-refractivity contribution in [3.05, 3.63) is 64.4 Å². The molecule has 0 saturated heterocycles. The fraction of sp³-hybridized carbons (Fsp3) is 0.0556. The lowest BCUT2D eigenvalue weighted by Crippen LogP contribution is -2.10. The molecule has 0 fully saturated rings. The van der Waals surface area contributed by atoms with Crippen molar-refractivity contribution in [2.24, 2.45) is 0 Å². The van der Waals surface area contributed by atoms with Crippen molar-refractivity contribution in [2.45, 2.75) is 6.92 Å². The van der Waals surface area contributed by atoms with Gasteiger partial charge in [0.25, 0.3) is 5.56 Å². The van der Waals surface area contributed by atoms with Gasteiger partial charge < -0.3 is 10.7 Å². The Kier molecular flexibility index (Phi) is 3.16. The van der Waals surface area contributed by atoms with Gasteiger partial charge in [0.15, 0.2) is 5.82 Å². The van der Waals surface area contributed by atoms with Crippen molar-refractivity contribution in [3.8, 4) is 22.6 Å². The van der Waals surface area contributed by atoms with E-state index in [1.165, 1.54) is 0 Å². The molecule has 2 aromatic heterocycles. The zero-order valence-corrected chi connectivity index (χ0v) is 13.0. The molecule has 0 aliphatic heterocycles. The molecule has 0 unspecified atom stereocenters. The molecule has 0 atom stereocenters. The number of hydrogen-bond donors (Lipinski definition) is 3. The minimum atomic E-state index is -0.202. The predicted octanol–water partition coefficient (Wildman–Crippen LogP) is 2.87. The van der Waals surface area contributed by atoms with Crippen molar-refractivity contribution in [1.29, 1.82) is 0 Å². The normalized spacial score (nSPS) is 11.0. The van der Waals surface area contributed by atoms with Crippen LogP contribution in [0, 0.1) is 6.92 Å². The molecule has 0 radical (unpaired) electrons. The lowest BCUT2D eigenvalue weighted by Gasteiger charge is -2.07. The Bertz CT molecular complexity index is 1110. The maximum atomic E-state index is 12.4. The number of nitrogens with two attached hydrogens (primary N) is 1. The fourth-order valence-electron chi connectivity index (χ4n) is 2.85. The first-order valence-corrected chi connectivity index (χ1v) is 7.54. The molecule has 0 aliphatic rings. The van der Waals surface area contributed by atoms with E-state index in [-0.39, 0.29) is 5.56 Å². The molecule has 6 nitrogen and oxygen atoms in total. The van der Waals surface area contributed by atoms with Gasteiger partial charge in [-0.1, -0.05) is 36.4 Å². The maximum absolute atomic E-state index is 12.4. The predicted molar refractivity (Wildman–Crippen MR) is 94.5 cm³/mol. The number of rotatable bonds is 2. The van der Waals surface area contributed by atoms with Crippen LogP contribution in [0.3, 0.4) is 0 Å². The fourth-order valence-corrected chi connectivity index (χ4v) is 2.85. The molecule has 4 rings (SSSR count). The second-order valence-electron chi connectivity index (χ2n) is 5.61. The smallest absolute Gasteiger partial charge is 0.259 e. The molecule has 4 aromatic rings. The number of nitrogens with one attached hydrogen (secondary N) is 2. The number of aromatic nitrogens is 4. The molecule has 0 saturated carbocycles. The topological polar surface area (TPSA) is 100 Å². The molecule has 0 amide bonds. The van der Waals surface area contributed by atoms with E-state index in [4.69, 9.17) is 5.73 Å². The first-order chi connectivity index (χ1) is 11.6. The third-order valence-corrected chi connectivity index (χ3v) is 4.06. The van der Waals surface area contributed by atoms with Crippen LogP contribution in [0.2, 0.25) is 0 Å². The number of aromatic amines is 2. The van der Waals surface area contributed by atoms with E-state index in [9.17, 15) is 4.79 Å². The number of para-hydroxylation sites is 1. The van der Waals surface area contributed by atoms with Crippen molar-refractivity contribution in [2.75, 3.05) is 5.73 Å². The monoisotopic (exact) mass is 317 g/mol. The molecular weight excluding hydrogens is 302 g/mol. The Hall–Kier alpha value is -3.41. The van der Waals surface area contributed by atoms with Gasteiger partial charge in [-0.15, -0.1) is 0 Å². The summed E-state index contributed by atoms with van der Waals surface area (Å²) in [5.74, 6) is 0.704. The van der Waals surface area contributed by atoms with Crippen molar-refractivity contribution in [1.82, 2.24) is 20.2 Å². The van der Waals surface area contributed by atoms with E-state index in [1.807, 2.05) is 43.3 Å². The standard InChI is InChI=1S/C18H15N5O/c1-10-6-2-3-7-11(10)15-14(16(19)23-22-15)17-20-13-9-5-4-8-12(13)18(24)21-17/h2-9H,1H3,(H3,19,22,23)(H,20,21,24). The van der Waals surface area contributed by atoms with E-state index in [0.29, 0.717) is 28.1 Å². The third-order valence-electron chi connectivity index (χ3n) is 4.06. The van der Waals surface area contributed by atoms with E-state index in [2.05, 4.69) is 20.2 Å². The SMILES string of the molecule is Cc1ccccc1-c1[nH]nc(N)c1-c1nc2ccccc2c(=O)[nH]1. The molecule has 24 heavy (non-hydrogen) atoms. The van der Waals surface area contributed by atoms with Crippen molar-refractivity contribution >= 4 is 16.7 Å². The van der Waals surface area contributed by atoms with E-state index in [0.717, 1.165) is 16.8 Å². The molecule has 0 bridgehead atoms. The largest absolute Gasteiger partial charge is 0.382 e. The first-order valence-electron chi connectivity index (χ1n) is 7.54. The summed E-state index contributed by atoms with van der Waals surface area (Å²) in [6, 6.07) is 15.1. The molecule has 6 heteroatoms. The number of nitrogen functional groups attached to an aromatic ring is 1. The summed E-state index contributed by atoms with van der Waals surface area (Å²) < 4.78 is 0. The Balaban J connectivity index is 2.00. The van der Waals surface area contributed by atoms with Crippen LogP contribution in [0.25, 0.3) is 33.5 Å². The van der Waals surface area contributed by atoms with Gasteiger partial charge in [-0.25, -0.2) is 4.98 Å². The van der Waals surface area contributed by atoms with Gasteiger partial charge in [-0.3, -0.25) is 9.89 Å². The van der Waals surface area contributed by atoms with E-state index < -0.39 is 0 Å². The summed E-state index contributed by atoms with van der Waals surface area (Å²) in [7, 11) is 0. The minimum Gasteiger partial charge on any atom is -0.382 e. The number of H-pyrrole nitrogens is 2. The van der Waals surface area contributed by atoms with E-state index in [1.54, 1.807) is 12.1 Å². The highest BCUT2D eigenvalue weighted by Crippen LogP contribution is 2.34. The minimum absolute atomic E-state index is 0.202. The van der Waals surface area contributed by atoms with Crippen LogP contribution >= 0.6 is 0 Å². The van der Waals surface area contributed by atoms with Gasteiger partial charge in [-0.2, -0.15) is 5.10 Å². The average Bonchev–Trinajstić information content (AvgIpc) is 2.97.